The molecule has 0 bridgehead atoms. The molecule has 0 heterocycles. The van der Waals surface area contributed by atoms with Gasteiger partial charge < -0.3 is 14.8 Å². The van der Waals surface area contributed by atoms with Crippen LogP contribution in [0, 0.1) is 17.2 Å². The number of unbranched alkanes of at least 4 members (excludes halogenated alkanes) is 1. The van der Waals surface area contributed by atoms with Gasteiger partial charge in [-0.2, -0.15) is 5.26 Å². The van der Waals surface area contributed by atoms with Crippen LogP contribution in [0.4, 0.5) is 0 Å². The van der Waals surface area contributed by atoms with Gasteiger partial charge in [-0.3, -0.25) is 0 Å². The van der Waals surface area contributed by atoms with Crippen molar-refractivity contribution in [2.75, 3.05) is 13.7 Å². The quantitative estimate of drug-likeness (QED) is 0.716. The zero-order valence-electron chi connectivity index (χ0n) is 15.2. The second-order valence-corrected chi connectivity index (χ2v) is 7.19. The third kappa shape index (κ3) is 5.42. The Morgan fingerprint density at radius 1 is 1.29 bits per heavy atom. The first-order valence-corrected chi connectivity index (χ1v) is 8.98. The van der Waals surface area contributed by atoms with Crippen LogP contribution in [0.15, 0.2) is 18.2 Å². The fourth-order valence-corrected chi connectivity index (χ4v) is 3.17. The van der Waals surface area contributed by atoms with E-state index in [0.717, 1.165) is 30.4 Å². The first-order valence-electron chi connectivity index (χ1n) is 8.98. The van der Waals surface area contributed by atoms with Crippen molar-refractivity contribution >= 4 is 0 Å². The first-order chi connectivity index (χ1) is 11.6. The van der Waals surface area contributed by atoms with Crippen molar-refractivity contribution in [1.29, 1.82) is 5.26 Å². The van der Waals surface area contributed by atoms with Crippen LogP contribution in [0.3, 0.4) is 0 Å². The van der Waals surface area contributed by atoms with Gasteiger partial charge in [0.2, 0.25) is 0 Å². The van der Waals surface area contributed by atoms with Gasteiger partial charge in [0.25, 0.3) is 0 Å². The molecule has 4 heteroatoms. The minimum atomic E-state index is 0.236. The molecule has 0 spiro atoms. The van der Waals surface area contributed by atoms with E-state index in [4.69, 9.17) is 14.7 Å². The van der Waals surface area contributed by atoms with Crippen LogP contribution in [0.25, 0.3) is 0 Å². The Balaban J connectivity index is 1.94. The summed E-state index contributed by atoms with van der Waals surface area (Å²) in [6.07, 6.45) is 6.33. The van der Waals surface area contributed by atoms with Crippen LogP contribution in [-0.2, 0) is 6.54 Å². The number of nitrogens with zero attached hydrogens (tertiary/aromatic N) is 1. The van der Waals surface area contributed by atoms with Crippen LogP contribution < -0.4 is 14.8 Å². The van der Waals surface area contributed by atoms with Crippen molar-refractivity contribution in [3.63, 3.8) is 0 Å². The van der Waals surface area contributed by atoms with Gasteiger partial charge >= 0.3 is 0 Å². The topological polar surface area (TPSA) is 54.3 Å². The number of hydrogen-bond acceptors (Lipinski definition) is 4. The Labute approximate surface area is 146 Å². The standard InChI is InChI=1S/C20H30N2O2/c1-16-8-10-20(2,11-9-16)22-15-17-6-7-18(23-3)19(14-17)24-13-5-4-12-21/h6-7,14,16,22H,4-5,8-11,13,15H2,1-3H3. The maximum absolute atomic E-state index is 8.60. The molecule has 0 aliphatic heterocycles. The molecule has 1 aliphatic carbocycles. The molecule has 0 atom stereocenters. The molecule has 0 aromatic heterocycles. The van der Waals surface area contributed by atoms with Gasteiger partial charge in [-0.05, 0) is 62.6 Å². The zero-order valence-corrected chi connectivity index (χ0v) is 15.2. The Hall–Kier alpha value is -1.73. The highest BCUT2D eigenvalue weighted by Gasteiger charge is 2.28. The molecule has 1 aromatic carbocycles. The molecular formula is C20H30N2O2. The van der Waals surface area contributed by atoms with Crippen LogP contribution >= 0.6 is 0 Å². The lowest BCUT2D eigenvalue weighted by atomic mass is 9.78. The Kier molecular flexibility index (Phi) is 6.93. The highest BCUT2D eigenvalue weighted by molar-refractivity contribution is 5.43. The molecule has 0 radical (unpaired) electrons. The summed E-state index contributed by atoms with van der Waals surface area (Å²) in [5.41, 5.74) is 1.44. The van der Waals surface area contributed by atoms with Crippen molar-refractivity contribution in [3.05, 3.63) is 23.8 Å². The molecule has 1 aromatic rings. The second-order valence-electron chi connectivity index (χ2n) is 7.19. The molecule has 2 rings (SSSR count). The van der Waals surface area contributed by atoms with Gasteiger partial charge in [0, 0.05) is 18.5 Å². The molecule has 0 saturated heterocycles. The number of methoxy groups -OCH3 is 1. The van der Waals surface area contributed by atoms with E-state index in [-0.39, 0.29) is 5.54 Å². The van der Waals surface area contributed by atoms with E-state index in [1.807, 2.05) is 12.1 Å². The summed E-state index contributed by atoms with van der Waals surface area (Å²) in [5, 5.41) is 12.3. The van der Waals surface area contributed by atoms with E-state index in [1.54, 1.807) is 7.11 Å². The molecule has 1 fully saturated rings. The van der Waals surface area contributed by atoms with Gasteiger partial charge in [0.1, 0.15) is 0 Å². The molecule has 1 aliphatic rings. The molecule has 1 N–H and O–H groups in total. The highest BCUT2D eigenvalue weighted by Crippen LogP contribution is 2.32. The lowest BCUT2D eigenvalue weighted by molar-refractivity contribution is 0.212. The third-order valence-corrected chi connectivity index (χ3v) is 5.02. The van der Waals surface area contributed by atoms with Gasteiger partial charge in [-0.15, -0.1) is 0 Å². The number of rotatable bonds is 8. The van der Waals surface area contributed by atoms with Gasteiger partial charge in [-0.1, -0.05) is 13.0 Å². The number of nitriles is 1. The Morgan fingerprint density at radius 2 is 2.04 bits per heavy atom. The fourth-order valence-electron chi connectivity index (χ4n) is 3.17. The fraction of sp³-hybridized carbons (Fsp3) is 0.650. The van der Waals surface area contributed by atoms with Crippen molar-refractivity contribution in [2.24, 2.45) is 5.92 Å². The Morgan fingerprint density at radius 3 is 2.71 bits per heavy atom. The lowest BCUT2D eigenvalue weighted by Crippen LogP contribution is -2.44. The van der Waals surface area contributed by atoms with Gasteiger partial charge in [-0.25, -0.2) is 0 Å². The average molecular weight is 330 g/mol. The molecule has 132 valence electrons. The normalized spacial score (nSPS) is 23.5. The van der Waals surface area contributed by atoms with Crippen molar-refractivity contribution in [1.82, 2.24) is 5.32 Å². The molecule has 0 amide bonds. The predicted molar refractivity (Wildman–Crippen MR) is 96.2 cm³/mol. The first kappa shape index (κ1) is 18.6. The van der Waals surface area contributed by atoms with E-state index in [0.29, 0.717) is 13.0 Å². The van der Waals surface area contributed by atoms with Crippen LogP contribution in [0.1, 0.15) is 57.9 Å². The summed E-state index contributed by atoms with van der Waals surface area (Å²) in [5.74, 6) is 2.36. The molecule has 24 heavy (non-hydrogen) atoms. The number of benzene rings is 1. The predicted octanol–water partition coefficient (Wildman–Crippen LogP) is 4.44. The van der Waals surface area contributed by atoms with Crippen molar-refractivity contribution < 1.29 is 9.47 Å². The smallest absolute Gasteiger partial charge is 0.161 e. The summed E-state index contributed by atoms with van der Waals surface area (Å²) in [7, 11) is 1.65. The van der Waals surface area contributed by atoms with E-state index in [9.17, 15) is 0 Å². The SMILES string of the molecule is COc1ccc(CNC2(C)CCC(C)CC2)cc1OCCCC#N. The second kappa shape index (κ2) is 8.94. The van der Waals surface area contributed by atoms with Crippen molar-refractivity contribution in [3.8, 4) is 17.6 Å². The maximum atomic E-state index is 8.60. The largest absolute Gasteiger partial charge is 0.493 e. The maximum Gasteiger partial charge on any atom is 0.161 e. The van der Waals surface area contributed by atoms with E-state index in [1.165, 1.54) is 31.2 Å². The van der Waals surface area contributed by atoms with E-state index in [2.05, 4.69) is 31.3 Å². The average Bonchev–Trinajstić information content (AvgIpc) is 2.60. The zero-order chi connectivity index (χ0) is 17.4. The van der Waals surface area contributed by atoms with Crippen LogP contribution in [0.5, 0.6) is 11.5 Å². The van der Waals surface area contributed by atoms with Crippen LogP contribution in [0.2, 0.25) is 0 Å². The molecule has 0 unspecified atom stereocenters. The summed E-state index contributed by atoms with van der Waals surface area (Å²) in [6.45, 7) is 6.06. The van der Waals surface area contributed by atoms with Crippen molar-refractivity contribution in [2.45, 2.75) is 64.5 Å². The van der Waals surface area contributed by atoms with E-state index >= 15 is 0 Å². The summed E-state index contributed by atoms with van der Waals surface area (Å²) in [4.78, 5) is 0. The molecule has 4 nitrogen and oxygen atoms in total. The van der Waals surface area contributed by atoms with Crippen LogP contribution in [-0.4, -0.2) is 19.3 Å². The minimum Gasteiger partial charge on any atom is -0.493 e. The molecular weight excluding hydrogens is 300 g/mol. The third-order valence-electron chi connectivity index (χ3n) is 5.02. The van der Waals surface area contributed by atoms with Gasteiger partial charge in [0.05, 0.1) is 19.8 Å². The lowest BCUT2D eigenvalue weighted by Gasteiger charge is -2.37. The highest BCUT2D eigenvalue weighted by atomic mass is 16.5. The Bertz CT molecular complexity index is 557. The summed E-state index contributed by atoms with van der Waals surface area (Å²) < 4.78 is 11.2. The number of nitrogens with one attached hydrogen (secondary N) is 1. The number of hydrogen-bond donors (Lipinski definition) is 1. The summed E-state index contributed by atoms with van der Waals surface area (Å²) in [6, 6.07) is 8.23. The number of ether oxygens (including phenoxy) is 2. The summed E-state index contributed by atoms with van der Waals surface area (Å²) >= 11 is 0. The van der Waals surface area contributed by atoms with Gasteiger partial charge in [0.15, 0.2) is 11.5 Å². The van der Waals surface area contributed by atoms with E-state index < -0.39 is 0 Å². The minimum absolute atomic E-state index is 0.236. The molecule has 1 saturated carbocycles. The monoisotopic (exact) mass is 330 g/mol.